The Morgan fingerprint density at radius 1 is 0.889 bits per heavy atom. The number of pyridine rings is 1. The van der Waals surface area contributed by atoms with Crippen molar-refractivity contribution in [3.05, 3.63) is 84.2 Å². The van der Waals surface area contributed by atoms with Crippen molar-refractivity contribution in [2.24, 2.45) is 0 Å². The van der Waals surface area contributed by atoms with Gasteiger partial charge < -0.3 is 14.8 Å². The van der Waals surface area contributed by atoms with Crippen LogP contribution in [-0.4, -0.2) is 18.5 Å². The molecule has 1 aromatic heterocycles. The second kappa shape index (κ2) is 7.29. The quantitative estimate of drug-likeness (QED) is 0.560. The van der Waals surface area contributed by atoms with E-state index in [9.17, 15) is 9.59 Å². The van der Waals surface area contributed by atoms with E-state index >= 15 is 0 Å². The second-order valence-corrected chi connectivity index (χ2v) is 6.07. The number of nitrogens with one attached hydrogen (secondary N) is 1. The molecule has 0 unspecified atom stereocenters. The summed E-state index contributed by atoms with van der Waals surface area (Å²) in [7, 11) is 0. The highest BCUT2D eigenvalue weighted by atomic mass is 16.7. The molecule has 0 spiro atoms. The number of nitrogens with zero attached hydrogens (tertiary/aromatic N) is 1. The van der Waals surface area contributed by atoms with Crippen molar-refractivity contribution in [3.8, 4) is 11.5 Å². The van der Waals surface area contributed by atoms with Gasteiger partial charge in [0.15, 0.2) is 29.7 Å². The highest BCUT2D eigenvalue weighted by Crippen LogP contribution is 2.34. The van der Waals surface area contributed by atoms with Crippen LogP contribution in [0, 0.1) is 0 Å². The topological polar surface area (TPSA) is 68.5 Å². The van der Waals surface area contributed by atoms with Gasteiger partial charge in [0.25, 0.3) is 5.91 Å². The van der Waals surface area contributed by atoms with E-state index in [-0.39, 0.29) is 25.0 Å². The zero-order valence-electron chi connectivity index (χ0n) is 14.4. The Hall–Kier alpha value is -3.67. The van der Waals surface area contributed by atoms with Crippen molar-refractivity contribution in [3.63, 3.8) is 0 Å². The van der Waals surface area contributed by atoms with Gasteiger partial charge in [-0.15, -0.1) is 0 Å². The van der Waals surface area contributed by atoms with Crippen LogP contribution in [0.4, 0.5) is 5.69 Å². The van der Waals surface area contributed by atoms with E-state index < -0.39 is 0 Å². The van der Waals surface area contributed by atoms with Crippen LogP contribution in [0.15, 0.2) is 73.1 Å². The third-order valence-corrected chi connectivity index (χ3v) is 4.17. The van der Waals surface area contributed by atoms with E-state index in [4.69, 9.17) is 9.47 Å². The molecule has 134 valence electrons. The standard InChI is InChI=1S/C21H16N2O4/c24-20(22-17-6-7-18-19(12-17)27-14-26-18)13-23-10-8-16(9-11-23)21(25)15-4-2-1-3-5-15/h1-12H,13-14H2/p+1. The fraction of sp³-hybridized carbons (Fsp3) is 0.0952. The number of benzene rings is 2. The zero-order chi connectivity index (χ0) is 18.6. The fourth-order valence-electron chi connectivity index (χ4n) is 2.81. The first-order chi connectivity index (χ1) is 13.2. The minimum atomic E-state index is -0.180. The summed E-state index contributed by atoms with van der Waals surface area (Å²) < 4.78 is 12.3. The number of carbonyl (C=O) groups excluding carboxylic acids is 2. The largest absolute Gasteiger partial charge is 0.454 e. The van der Waals surface area contributed by atoms with Crippen LogP contribution in [0.1, 0.15) is 15.9 Å². The second-order valence-electron chi connectivity index (χ2n) is 6.07. The molecule has 2 heterocycles. The molecule has 0 saturated heterocycles. The first-order valence-corrected chi connectivity index (χ1v) is 8.47. The lowest BCUT2D eigenvalue weighted by Crippen LogP contribution is -2.39. The van der Waals surface area contributed by atoms with Crippen molar-refractivity contribution < 1.29 is 23.6 Å². The number of hydrogen-bond donors (Lipinski definition) is 1. The highest BCUT2D eigenvalue weighted by molar-refractivity contribution is 6.08. The monoisotopic (exact) mass is 361 g/mol. The Morgan fingerprint density at radius 3 is 2.37 bits per heavy atom. The van der Waals surface area contributed by atoms with Crippen LogP contribution in [-0.2, 0) is 11.3 Å². The molecule has 0 atom stereocenters. The number of ketones is 1. The maximum Gasteiger partial charge on any atom is 0.290 e. The Kier molecular flexibility index (Phi) is 4.53. The summed E-state index contributed by atoms with van der Waals surface area (Å²) in [5.41, 5.74) is 1.85. The van der Waals surface area contributed by atoms with Crippen LogP contribution >= 0.6 is 0 Å². The third kappa shape index (κ3) is 3.79. The molecule has 2 aromatic carbocycles. The number of amides is 1. The van der Waals surface area contributed by atoms with Gasteiger partial charge in [0.2, 0.25) is 13.3 Å². The zero-order valence-corrected chi connectivity index (χ0v) is 14.4. The maximum atomic E-state index is 12.4. The van der Waals surface area contributed by atoms with E-state index in [2.05, 4.69) is 5.32 Å². The molecule has 0 aliphatic carbocycles. The normalized spacial score (nSPS) is 11.9. The van der Waals surface area contributed by atoms with Crippen LogP contribution in [0.3, 0.4) is 0 Å². The number of fused-ring (bicyclic) bond motifs is 1. The summed E-state index contributed by atoms with van der Waals surface area (Å²) in [4.78, 5) is 24.7. The molecule has 6 heteroatoms. The molecule has 0 saturated carbocycles. The van der Waals surface area contributed by atoms with Gasteiger partial charge in [0.1, 0.15) is 0 Å². The summed E-state index contributed by atoms with van der Waals surface area (Å²) in [6, 6.07) is 17.8. The number of ether oxygens (including phenoxy) is 2. The molecular formula is C21H17N2O4+. The molecule has 1 aliphatic rings. The Balaban J connectivity index is 1.39. The lowest BCUT2D eigenvalue weighted by Gasteiger charge is -2.05. The first-order valence-electron chi connectivity index (χ1n) is 8.47. The average molecular weight is 361 g/mol. The van der Waals surface area contributed by atoms with Gasteiger partial charge in [-0.3, -0.25) is 9.59 Å². The number of rotatable bonds is 5. The van der Waals surface area contributed by atoms with E-state index in [1.54, 1.807) is 59.4 Å². The maximum absolute atomic E-state index is 12.4. The van der Waals surface area contributed by atoms with Gasteiger partial charge in [0.05, 0.1) is 0 Å². The van der Waals surface area contributed by atoms with Crippen molar-refractivity contribution in [1.29, 1.82) is 0 Å². The minimum Gasteiger partial charge on any atom is -0.454 e. The van der Waals surface area contributed by atoms with Gasteiger partial charge >= 0.3 is 0 Å². The van der Waals surface area contributed by atoms with Crippen molar-refractivity contribution in [2.75, 3.05) is 12.1 Å². The summed E-state index contributed by atoms with van der Waals surface area (Å²) in [5, 5.41) is 2.82. The molecule has 4 rings (SSSR count). The predicted molar refractivity (Wildman–Crippen MR) is 97.7 cm³/mol. The van der Waals surface area contributed by atoms with E-state index in [1.807, 2.05) is 18.2 Å². The molecular weight excluding hydrogens is 344 g/mol. The summed E-state index contributed by atoms with van der Waals surface area (Å²) in [6.07, 6.45) is 3.44. The lowest BCUT2D eigenvalue weighted by molar-refractivity contribution is -0.684. The van der Waals surface area contributed by atoms with Gasteiger partial charge in [-0.05, 0) is 12.1 Å². The van der Waals surface area contributed by atoms with Crippen LogP contribution < -0.4 is 19.4 Å². The van der Waals surface area contributed by atoms with Crippen molar-refractivity contribution in [2.45, 2.75) is 6.54 Å². The van der Waals surface area contributed by atoms with Gasteiger partial charge in [-0.25, -0.2) is 0 Å². The van der Waals surface area contributed by atoms with E-state index in [0.717, 1.165) is 0 Å². The van der Waals surface area contributed by atoms with Crippen LogP contribution in [0.25, 0.3) is 0 Å². The predicted octanol–water partition coefficient (Wildman–Crippen LogP) is 2.57. The lowest BCUT2D eigenvalue weighted by atomic mass is 10.0. The minimum absolute atomic E-state index is 0.0486. The molecule has 0 radical (unpaired) electrons. The third-order valence-electron chi connectivity index (χ3n) is 4.17. The van der Waals surface area contributed by atoms with Crippen molar-refractivity contribution in [1.82, 2.24) is 0 Å². The summed E-state index contributed by atoms with van der Waals surface area (Å²) in [5.74, 6) is 1.05. The van der Waals surface area contributed by atoms with Gasteiger partial charge in [0, 0.05) is 35.0 Å². The molecule has 1 aliphatic heterocycles. The number of anilines is 1. The smallest absolute Gasteiger partial charge is 0.290 e. The fourth-order valence-corrected chi connectivity index (χ4v) is 2.81. The Morgan fingerprint density at radius 2 is 1.59 bits per heavy atom. The van der Waals surface area contributed by atoms with E-state index in [1.165, 1.54) is 0 Å². The number of aromatic nitrogens is 1. The summed E-state index contributed by atoms with van der Waals surface area (Å²) in [6.45, 7) is 0.324. The van der Waals surface area contributed by atoms with Crippen molar-refractivity contribution >= 4 is 17.4 Å². The molecule has 1 N–H and O–H groups in total. The van der Waals surface area contributed by atoms with Gasteiger partial charge in [-0.1, -0.05) is 30.3 Å². The molecule has 0 bridgehead atoms. The summed E-state index contributed by atoms with van der Waals surface area (Å²) >= 11 is 0. The van der Waals surface area contributed by atoms with Crippen LogP contribution in [0.2, 0.25) is 0 Å². The molecule has 27 heavy (non-hydrogen) atoms. The molecule has 6 nitrogen and oxygen atoms in total. The number of hydrogen-bond acceptors (Lipinski definition) is 4. The van der Waals surface area contributed by atoms with Gasteiger partial charge in [-0.2, -0.15) is 4.57 Å². The molecule has 3 aromatic rings. The average Bonchev–Trinajstić information content (AvgIpc) is 3.16. The molecule has 1 amide bonds. The van der Waals surface area contributed by atoms with E-state index in [0.29, 0.717) is 28.3 Å². The Labute approximate surface area is 156 Å². The highest BCUT2D eigenvalue weighted by Gasteiger charge is 2.16. The number of carbonyl (C=O) groups is 2. The molecule has 0 fully saturated rings. The first kappa shape index (κ1) is 16.8. The Bertz CT molecular complexity index is 985. The van der Waals surface area contributed by atoms with Crippen LogP contribution in [0.5, 0.6) is 11.5 Å². The SMILES string of the molecule is O=C(C[n+]1ccc(C(=O)c2ccccc2)cc1)Nc1ccc2c(c1)OCO2.